The number of halogens is 1. The quantitative estimate of drug-likeness (QED) is 0.232. The summed E-state index contributed by atoms with van der Waals surface area (Å²) in [5.74, 6) is -1.88. The number of carbonyl (C=O) groups excluding carboxylic acids is 1. The number of benzene rings is 1. The highest BCUT2D eigenvalue weighted by Crippen LogP contribution is 2.47. The molecule has 204 valence electrons. The maximum absolute atomic E-state index is 13.7. The number of para-hydroxylation sites is 1. The van der Waals surface area contributed by atoms with E-state index in [1.807, 2.05) is 0 Å². The van der Waals surface area contributed by atoms with E-state index in [4.69, 9.17) is 18.5 Å². The highest BCUT2D eigenvalue weighted by molar-refractivity contribution is 7.52. The summed E-state index contributed by atoms with van der Waals surface area (Å²) < 4.78 is 50.1. The van der Waals surface area contributed by atoms with Crippen molar-refractivity contribution < 1.29 is 42.5 Å². The van der Waals surface area contributed by atoms with E-state index in [9.17, 15) is 33.6 Å². The van der Waals surface area contributed by atoms with Gasteiger partial charge in [0.1, 0.15) is 30.2 Å². The van der Waals surface area contributed by atoms with E-state index in [1.54, 1.807) is 37.0 Å². The summed E-state index contributed by atoms with van der Waals surface area (Å²) in [4.78, 5) is 37.5. The molecule has 0 aliphatic carbocycles. The predicted molar refractivity (Wildman–Crippen MR) is 126 cm³/mol. The van der Waals surface area contributed by atoms with Crippen LogP contribution in [0.5, 0.6) is 5.75 Å². The van der Waals surface area contributed by atoms with Crippen LogP contribution < -0.4 is 20.9 Å². The molecule has 1 fully saturated rings. The Labute approximate surface area is 210 Å². The fourth-order valence-corrected chi connectivity index (χ4v) is 5.23. The molecule has 1 aliphatic heterocycles. The molecule has 6 atom stereocenters. The number of aliphatic hydroxyl groups is 2. The molecular formula is C22H29FN3O10P. The lowest BCUT2D eigenvalue weighted by Crippen LogP contribution is -2.42. The first-order chi connectivity index (χ1) is 17.4. The maximum Gasteiger partial charge on any atom is 0.459 e. The molecule has 0 bridgehead atoms. The number of esters is 1. The summed E-state index contributed by atoms with van der Waals surface area (Å²) in [5, 5.41) is 23.0. The molecule has 37 heavy (non-hydrogen) atoms. The topological polar surface area (TPSA) is 178 Å². The Morgan fingerprint density at radius 3 is 2.59 bits per heavy atom. The second-order valence-electron chi connectivity index (χ2n) is 8.57. The molecular weight excluding hydrogens is 516 g/mol. The Morgan fingerprint density at radius 1 is 1.30 bits per heavy atom. The van der Waals surface area contributed by atoms with Crippen LogP contribution in [0.25, 0.3) is 0 Å². The van der Waals surface area contributed by atoms with E-state index >= 15 is 0 Å². The second kappa shape index (κ2) is 12.1. The Kier molecular flexibility index (Phi) is 9.40. The first kappa shape index (κ1) is 28.7. The lowest BCUT2D eigenvalue weighted by Gasteiger charge is -2.30. The van der Waals surface area contributed by atoms with E-state index in [0.29, 0.717) is 6.20 Å². The first-order valence-corrected chi connectivity index (χ1v) is 12.9. The number of nitrogens with one attached hydrogen (secondary N) is 2. The van der Waals surface area contributed by atoms with Gasteiger partial charge in [0.2, 0.25) is 5.82 Å². The molecule has 1 saturated heterocycles. The highest BCUT2D eigenvalue weighted by atomic mass is 31.2. The molecule has 0 spiro atoms. The molecule has 1 unspecified atom stereocenters. The van der Waals surface area contributed by atoms with Crippen LogP contribution in [-0.2, 0) is 23.4 Å². The van der Waals surface area contributed by atoms with Gasteiger partial charge in [0, 0.05) is 6.42 Å². The molecule has 1 aliphatic rings. The number of hydrogen-bond acceptors (Lipinski definition) is 10. The van der Waals surface area contributed by atoms with Crippen LogP contribution in [-0.4, -0.2) is 62.8 Å². The number of H-pyrrole nitrogens is 1. The van der Waals surface area contributed by atoms with E-state index in [1.165, 1.54) is 19.1 Å². The van der Waals surface area contributed by atoms with Crippen molar-refractivity contribution in [3.8, 4) is 5.75 Å². The monoisotopic (exact) mass is 545 g/mol. The number of ether oxygens (including phenoxy) is 2. The lowest BCUT2D eigenvalue weighted by molar-refractivity contribution is -0.149. The number of hydrogen-bond donors (Lipinski definition) is 4. The Bertz CT molecular complexity index is 1240. The van der Waals surface area contributed by atoms with Crippen LogP contribution in [0.4, 0.5) is 4.39 Å². The minimum atomic E-state index is -4.44. The highest BCUT2D eigenvalue weighted by Gasteiger charge is 2.45. The largest absolute Gasteiger partial charge is 0.462 e. The van der Waals surface area contributed by atoms with E-state index < -0.39 is 74.1 Å². The molecule has 2 aromatic rings. The molecule has 0 amide bonds. The van der Waals surface area contributed by atoms with Crippen molar-refractivity contribution in [2.45, 2.75) is 63.9 Å². The third kappa shape index (κ3) is 7.34. The summed E-state index contributed by atoms with van der Waals surface area (Å²) in [6.45, 7) is 3.82. The van der Waals surface area contributed by atoms with Crippen molar-refractivity contribution in [1.29, 1.82) is 0 Å². The van der Waals surface area contributed by atoms with Gasteiger partial charge in [-0.2, -0.15) is 9.48 Å². The zero-order valence-corrected chi connectivity index (χ0v) is 21.2. The number of carbonyl (C=O) groups is 1. The lowest BCUT2D eigenvalue weighted by atomic mass is 10.1. The predicted octanol–water partition coefficient (Wildman–Crippen LogP) is 0.818. The summed E-state index contributed by atoms with van der Waals surface area (Å²) in [6, 6.07) is 6.70. The van der Waals surface area contributed by atoms with Gasteiger partial charge in [0.25, 0.3) is 5.56 Å². The standard InChI is InChI=1S/C22H29FN3O10P/c1-12(2)33-21(30)13(3)25-37(32,35-14-7-5-4-6-8-14)36-17(11-27)19-16(28)9-18(34-19)26-10-15(23)20(29)24-22(26)31/h4-8,10,12-13,16-19,27-28H,9,11H2,1-3H3,(H,25,32)(H,24,29,31)/t13-,16?,17+,18+,19-,37+/m0/s1. The number of aliphatic hydroxyl groups excluding tert-OH is 2. The third-order valence-electron chi connectivity index (χ3n) is 5.22. The molecule has 1 aromatic heterocycles. The van der Waals surface area contributed by atoms with Crippen molar-refractivity contribution in [2.24, 2.45) is 0 Å². The molecule has 3 rings (SSSR count). The summed E-state index contributed by atoms with van der Waals surface area (Å²) >= 11 is 0. The van der Waals surface area contributed by atoms with Crippen LogP contribution in [0.15, 0.2) is 46.1 Å². The third-order valence-corrected chi connectivity index (χ3v) is 6.92. The van der Waals surface area contributed by atoms with Gasteiger partial charge in [0.05, 0.1) is 25.0 Å². The number of aromatic amines is 1. The number of nitrogens with zero attached hydrogens (tertiary/aromatic N) is 1. The molecule has 0 radical (unpaired) electrons. The fraction of sp³-hybridized carbons (Fsp3) is 0.500. The van der Waals surface area contributed by atoms with Gasteiger partial charge in [-0.25, -0.2) is 9.36 Å². The van der Waals surface area contributed by atoms with Gasteiger partial charge in [-0.1, -0.05) is 18.2 Å². The Balaban J connectivity index is 1.84. The number of rotatable bonds is 11. The van der Waals surface area contributed by atoms with Crippen molar-refractivity contribution in [3.63, 3.8) is 0 Å². The number of aromatic nitrogens is 2. The maximum atomic E-state index is 13.7. The van der Waals surface area contributed by atoms with Crippen LogP contribution in [0.2, 0.25) is 0 Å². The molecule has 4 N–H and O–H groups in total. The fourth-order valence-electron chi connectivity index (χ4n) is 3.56. The molecule has 2 heterocycles. The minimum Gasteiger partial charge on any atom is -0.462 e. The molecule has 0 saturated carbocycles. The smallest absolute Gasteiger partial charge is 0.459 e. The van der Waals surface area contributed by atoms with E-state index in [0.717, 1.165) is 4.57 Å². The van der Waals surface area contributed by atoms with Crippen LogP contribution in [0, 0.1) is 5.82 Å². The van der Waals surface area contributed by atoms with Crippen LogP contribution in [0.3, 0.4) is 0 Å². The SMILES string of the molecule is CC(C)OC(=O)[C@H](C)N[P@@](=O)(Oc1ccccc1)O[C@H](CO)[C@H]1O[C@@H](n2cc(F)c(=O)[nH]c2=O)CC1O. The van der Waals surface area contributed by atoms with Gasteiger partial charge in [-0.05, 0) is 32.9 Å². The zero-order chi connectivity index (χ0) is 27.3. The van der Waals surface area contributed by atoms with E-state index in [-0.39, 0.29) is 12.2 Å². The van der Waals surface area contributed by atoms with Gasteiger partial charge in [-0.15, -0.1) is 0 Å². The molecule has 1 aromatic carbocycles. The molecule has 15 heteroatoms. The second-order valence-corrected chi connectivity index (χ2v) is 10.2. The van der Waals surface area contributed by atoms with Gasteiger partial charge >= 0.3 is 19.4 Å². The Hall–Kier alpha value is -2.87. The van der Waals surface area contributed by atoms with Crippen molar-refractivity contribution in [2.75, 3.05) is 6.61 Å². The average Bonchev–Trinajstić information content (AvgIpc) is 3.21. The van der Waals surface area contributed by atoms with Crippen molar-refractivity contribution >= 4 is 13.7 Å². The summed E-state index contributed by atoms with van der Waals surface area (Å²) in [7, 11) is -4.44. The van der Waals surface area contributed by atoms with Gasteiger partial charge in [0.15, 0.2) is 0 Å². The molecule has 13 nitrogen and oxygen atoms in total. The normalized spacial score (nSPS) is 22.8. The zero-order valence-electron chi connectivity index (χ0n) is 20.3. The van der Waals surface area contributed by atoms with Gasteiger partial charge < -0.3 is 24.2 Å². The average molecular weight is 545 g/mol. The van der Waals surface area contributed by atoms with Crippen molar-refractivity contribution in [1.82, 2.24) is 14.6 Å². The summed E-state index contributed by atoms with van der Waals surface area (Å²) in [5.41, 5.74) is -2.20. The van der Waals surface area contributed by atoms with E-state index in [2.05, 4.69) is 5.09 Å². The minimum absolute atomic E-state index is 0.112. The first-order valence-electron chi connectivity index (χ1n) is 11.4. The summed E-state index contributed by atoms with van der Waals surface area (Å²) in [6.07, 6.45) is -5.51. The Morgan fingerprint density at radius 2 is 1.97 bits per heavy atom. The van der Waals surface area contributed by atoms with Crippen LogP contribution in [0.1, 0.15) is 33.4 Å². The van der Waals surface area contributed by atoms with Gasteiger partial charge in [-0.3, -0.25) is 23.7 Å². The van der Waals surface area contributed by atoms with Crippen molar-refractivity contribution in [3.05, 3.63) is 63.2 Å². The van der Waals surface area contributed by atoms with Crippen LogP contribution >= 0.6 is 7.75 Å².